The van der Waals surface area contributed by atoms with Gasteiger partial charge in [-0.15, -0.1) is 0 Å². The van der Waals surface area contributed by atoms with Crippen molar-refractivity contribution in [3.8, 4) is 0 Å². The summed E-state index contributed by atoms with van der Waals surface area (Å²) in [6.45, 7) is 6.99. The first-order chi connectivity index (χ1) is 9.42. The zero-order chi connectivity index (χ0) is 14.8. The highest BCUT2D eigenvalue weighted by atomic mass is 16.1. The van der Waals surface area contributed by atoms with Gasteiger partial charge in [0.15, 0.2) is 0 Å². The van der Waals surface area contributed by atoms with Crippen molar-refractivity contribution >= 4 is 5.91 Å². The first-order valence-corrected chi connectivity index (χ1v) is 7.48. The Kier molecular flexibility index (Phi) is 4.48. The molecule has 20 heavy (non-hydrogen) atoms. The summed E-state index contributed by atoms with van der Waals surface area (Å²) in [6.07, 6.45) is 7.03. The van der Waals surface area contributed by atoms with Crippen LogP contribution in [-0.4, -0.2) is 27.0 Å². The van der Waals surface area contributed by atoms with Crippen LogP contribution in [0.1, 0.15) is 50.4 Å². The fraction of sp³-hybridized carbons (Fsp3) is 0.733. The van der Waals surface area contributed by atoms with Gasteiger partial charge < -0.3 is 15.6 Å². The predicted molar refractivity (Wildman–Crippen MR) is 79.3 cm³/mol. The minimum absolute atomic E-state index is 0.237. The number of carbonyl (C=O) groups is 1. The summed E-state index contributed by atoms with van der Waals surface area (Å²) >= 11 is 0. The molecule has 5 heteroatoms. The number of primary amides is 1. The first-order valence-electron chi connectivity index (χ1n) is 7.48. The molecule has 2 rings (SSSR count). The first kappa shape index (κ1) is 15.0. The van der Waals surface area contributed by atoms with Gasteiger partial charge in [-0.05, 0) is 52.9 Å². The third kappa shape index (κ3) is 3.60. The van der Waals surface area contributed by atoms with Gasteiger partial charge in [0.05, 0.1) is 17.6 Å². The molecule has 1 aliphatic carbocycles. The third-order valence-electron chi connectivity index (χ3n) is 4.31. The fourth-order valence-corrected chi connectivity index (χ4v) is 2.47. The molecule has 0 spiro atoms. The van der Waals surface area contributed by atoms with E-state index in [0.29, 0.717) is 6.04 Å². The van der Waals surface area contributed by atoms with Gasteiger partial charge in [0, 0.05) is 18.3 Å². The number of carbonyl (C=O) groups excluding carboxylic acids is 1. The maximum Gasteiger partial charge on any atom is 0.237 e. The number of unbranched alkanes of at least 4 members (excludes halogenated alkanes) is 1. The lowest BCUT2D eigenvalue weighted by Crippen LogP contribution is -2.53. The van der Waals surface area contributed by atoms with Gasteiger partial charge in [-0.1, -0.05) is 0 Å². The molecule has 0 saturated heterocycles. The zero-order valence-electron chi connectivity index (χ0n) is 12.8. The van der Waals surface area contributed by atoms with Crippen LogP contribution in [0.3, 0.4) is 0 Å². The Balaban J connectivity index is 1.78. The lowest BCUT2D eigenvalue weighted by atomic mass is 9.93. The molecule has 1 saturated carbocycles. The molecule has 1 atom stereocenters. The number of hydrogen-bond donors (Lipinski definition) is 2. The third-order valence-corrected chi connectivity index (χ3v) is 4.31. The van der Waals surface area contributed by atoms with Crippen LogP contribution in [0.25, 0.3) is 0 Å². The molecular formula is C15H26N4O. The van der Waals surface area contributed by atoms with Crippen molar-refractivity contribution < 1.29 is 4.79 Å². The Hall–Kier alpha value is -1.36. The van der Waals surface area contributed by atoms with Crippen molar-refractivity contribution in [2.24, 2.45) is 5.73 Å². The van der Waals surface area contributed by atoms with Crippen molar-refractivity contribution in [1.29, 1.82) is 0 Å². The van der Waals surface area contributed by atoms with Crippen LogP contribution in [0, 0.1) is 13.8 Å². The zero-order valence-corrected chi connectivity index (χ0v) is 12.8. The van der Waals surface area contributed by atoms with E-state index in [0.717, 1.165) is 44.3 Å². The maximum absolute atomic E-state index is 11.7. The SMILES string of the molecule is Cc1ncn(CCCCC(C)(NC2CC2)C(N)=O)c1C. The molecule has 0 bridgehead atoms. The average Bonchev–Trinajstić information content (AvgIpc) is 3.14. The highest BCUT2D eigenvalue weighted by Crippen LogP contribution is 2.25. The maximum atomic E-state index is 11.7. The molecule has 112 valence electrons. The summed E-state index contributed by atoms with van der Waals surface area (Å²) in [5.41, 5.74) is 7.30. The second-order valence-corrected chi connectivity index (χ2v) is 6.18. The van der Waals surface area contributed by atoms with Gasteiger partial charge in [-0.25, -0.2) is 4.98 Å². The molecule has 5 nitrogen and oxygen atoms in total. The average molecular weight is 278 g/mol. The molecule has 1 aromatic heterocycles. The monoisotopic (exact) mass is 278 g/mol. The highest BCUT2D eigenvalue weighted by Gasteiger charge is 2.36. The van der Waals surface area contributed by atoms with Gasteiger partial charge in [-0.2, -0.15) is 0 Å². The molecule has 0 radical (unpaired) electrons. The van der Waals surface area contributed by atoms with E-state index in [1.165, 1.54) is 5.69 Å². The number of nitrogens with two attached hydrogens (primary N) is 1. The number of amides is 1. The lowest BCUT2D eigenvalue weighted by Gasteiger charge is -2.27. The Morgan fingerprint density at radius 3 is 2.70 bits per heavy atom. The Labute approximate surface area is 120 Å². The number of nitrogens with zero attached hydrogens (tertiary/aromatic N) is 2. The molecule has 1 aliphatic rings. The molecule has 1 heterocycles. The largest absolute Gasteiger partial charge is 0.368 e. The quantitative estimate of drug-likeness (QED) is 0.710. The van der Waals surface area contributed by atoms with E-state index in [4.69, 9.17) is 5.73 Å². The number of aryl methyl sites for hydroxylation is 2. The predicted octanol–water partition coefficient (Wildman–Crippen LogP) is 1.67. The minimum atomic E-state index is -0.554. The normalized spacial score (nSPS) is 17.9. The summed E-state index contributed by atoms with van der Waals surface area (Å²) in [5.74, 6) is -0.237. The summed E-state index contributed by atoms with van der Waals surface area (Å²) in [4.78, 5) is 15.9. The van der Waals surface area contributed by atoms with E-state index in [1.807, 2.05) is 20.2 Å². The van der Waals surface area contributed by atoms with E-state index in [9.17, 15) is 4.79 Å². The number of nitrogens with one attached hydrogen (secondary N) is 1. The van der Waals surface area contributed by atoms with Crippen LogP contribution in [0.2, 0.25) is 0 Å². The summed E-state index contributed by atoms with van der Waals surface area (Å²) < 4.78 is 2.17. The molecule has 3 N–H and O–H groups in total. The number of hydrogen-bond acceptors (Lipinski definition) is 3. The van der Waals surface area contributed by atoms with Gasteiger partial charge in [0.1, 0.15) is 0 Å². The molecule has 1 fully saturated rings. The summed E-state index contributed by atoms with van der Waals surface area (Å²) in [6, 6.07) is 0.492. The second-order valence-electron chi connectivity index (χ2n) is 6.18. The van der Waals surface area contributed by atoms with E-state index in [-0.39, 0.29) is 5.91 Å². The van der Waals surface area contributed by atoms with Gasteiger partial charge in [-0.3, -0.25) is 4.79 Å². The lowest BCUT2D eigenvalue weighted by molar-refractivity contribution is -0.124. The van der Waals surface area contributed by atoms with Gasteiger partial charge in [0.2, 0.25) is 5.91 Å². The van der Waals surface area contributed by atoms with Crippen LogP contribution in [0.4, 0.5) is 0 Å². The van der Waals surface area contributed by atoms with E-state index in [1.54, 1.807) is 0 Å². The number of aromatic nitrogens is 2. The van der Waals surface area contributed by atoms with Crippen molar-refractivity contribution in [2.75, 3.05) is 0 Å². The molecule has 0 aromatic carbocycles. The fourth-order valence-electron chi connectivity index (χ4n) is 2.47. The van der Waals surface area contributed by atoms with E-state index < -0.39 is 5.54 Å². The summed E-state index contributed by atoms with van der Waals surface area (Å²) in [5, 5.41) is 3.39. The van der Waals surface area contributed by atoms with Crippen molar-refractivity contribution in [3.05, 3.63) is 17.7 Å². The Bertz CT molecular complexity index is 478. The standard InChI is InChI=1S/C15H26N4O/c1-11-12(2)19(10-17-11)9-5-4-8-15(3,14(16)20)18-13-6-7-13/h10,13,18H,4-9H2,1-3H3,(H2,16,20). The van der Waals surface area contributed by atoms with Crippen LogP contribution in [-0.2, 0) is 11.3 Å². The van der Waals surface area contributed by atoms with Crippen LogP contribution < -0.4 is 11.1 Å². The molecule has 1 unspecified atom stereocenters. The van der Waals surface area contributed by atoms with E-state index in [2.05, 4.69) is 21.8 Å². The molecule has 1 aromatic rings. The summed E-state index contributed by atoms with van der Waals surface area (Å²) in [7, 11) is 0. The van der Waals surface area contributed by atoms with Gasteiger partial charge >= 0.3 is 0 Å². The molecule has 1 amide bonds. The number of rotatable bonds is 8. The van der Waals surface area contributed by atoms with Crippen LogP contribution in [0.15, 0.2) is 6.33 Å². The molecule has 0 aliphatic heterocycles. The van der Waals surface area contributed by atoms with Gasteiger partial charge in [0.25, 0.3) is 0 Å². The van der Waals surface area contributed by atoms with Crippen molar-refractivity contribution in [1.82, 2.24) is 14.9 Å². The number of imidazole rings is 1. The van der Waals surface area contributed by atoms with Crippen molar-refractivity contribution in [3.63, 3.8) is 0 Å². The topological polar surface area (TPSA) is 72.9 Å². The van der Waals surface area contributed by atoms with Crippen molar-refractivity contribution in [2.45, 2.75) is 71.0 Å². The molecular weight excluding hydrogens is 252 g/mol. The Morgan fingerprint density at radius 1 is 1.50 bits per heavy atom. The smallest absolute Gasteiger partial charge is 0.237 e. The second kappa shape index (κ2) is 5.95. The Morgan fingerprint density at radius 2 is 2.20 bits per heavy atom. The van der Waals surface area contributed by atoms with E-state index >= 15 is 0 Å². The van der Waals surface area contributed by atoms with Crippen LogP contribution in [0.5, 0.6) is 0 Å². The highest BCUT2D eigenvalue weighted by molar-refractivity contribution is 5.84. The van der Waals surface area contributed by atoms with Crippen LogP contribution >= 0.6 is 0 Å². The minimum Gasteiger partial charge on any atom is -0.368 e.